The summed E-state index contributed by atoms with van der Waals surface area (Å²) in [5.41, 5.74) is 1.70. The zero-order chi connectivity index (χ0) is 16.3. The second-order valence-electron chi connectivity index (χ2n) is 5.77. The molecular weight excluding hydrogens is 290 g/mol. The molecule has 2 aromatic rings. The maximum Gasteiger partial charge on any atom is 0.252 e. The third-order valence-corrected chi connectivity index (χ3v) is 3.80. The van der Waals surface area contributed by atoms with Crippen molar-refractivity contribution in [2.45, 2.75) is 31.9 Å². The normalized spacial score (nSPS) is 14.6. The number of aromatic nitrogens is 1. The molecule has 3 rings (SSSR count). The molecule has 1 heterocycles. The lowest BCUT2D eigenvalue weighted by Crippen LogP contribution is -2.35. The molecule has 116 valence electrons. The Bertz CT molecular complexity index is 759. The average molecular weight is 307 g/mol. The van der Waals surface area contributed by atoms with E-state index in [0.717, 1.165) is 24.1 Å². The van der Waals surface area contributed by atoms with Crippen LogP contribution < -0.4 is 10.1 Å². The Kier molecular flexibility index (Phi) is 3.98. The standard InChI is InChI=1S/C18H17N3O2/c1-13-5-6-16(10-20-13)23-11-14-3-2-4-15(9-14)17(22)21-18(12-19)7-8-18/h2-6,9-10H,7-8,11H2,1H3,(H,21,22). The molecule has 1 aliphatic rings. The van der Waals surface area contributed by atoms with Gasteiger partial charge in [0.05, 0.1) is 12.3 Å². The first-order valence-electron chi connectivity index (χ1n) is 7.48. The molecule has 1 aromatic heterocycles. The molecule has 0 saturated heterocycles. The summed E-state index contributed by atoms with van der Waals surface area (Å²) < 4.78 is 5.67. The molecule has 5 heteroatoms. The van der Waals surface area contributed by atoms with E-state index in [9.17, 15) is 4.79 Å². The highest BCUT2D eigenvalue weighted by atomic mass is 16.5. The van der Waals surface area contributed by atoms with Crippen LogP contribution in [0.2, 0.25) is 0 Å². The Labute approximate surface area is 134 Å². The molecule has 5 nitrogen and oxygen atoms in total. The highest BCUT2D eigenvalue weighted by molar-refractivity contribution is 5.95. The number of aryl methyl sites for hydroxylation is 1. The van der Waals surface area contributed by atoms with Crippen LogP contribution in [0.4, 0.5) is 0 Å². The van der Waals surface area contributed by atoms with E-state index in [4.69, 9.17) is 10.00 Å². The minimum atomic E-state index is -0.656. The van der Waals surface area contributed by atoms with E-state index in [0.29, 0.717) is 17.9 Å². The maximum absolute atomic E-state index is 12.2. The maximum atomic E-state index is 12.2. The van der Waals surface area contributed by atoms with Gasteiger partial charge >= 0.3 is 0 Å². The second-order valence-corrected chi connectivity index (χ2v) is 5.77. The van der Waals surface area contributed by atoms with Gasteiger partial charge in [0.2, 0.25) is 0 Å². The summed E-state index contributed by atoms with van der Waals surface area (Å²) in [5, 5.41) is 11.8. The van der Waals surface area contributed by atoms with E-state index in [1.54, 1.807) is 18.3 Å². The smallest absolute Gasteiger partial charge is 0.252 e. The van der Waals surface area contributed by atoms with Gasteiger partial charge in [-0.3, -0.25) is 9.78 Å². The highest BCUT2D eigenvalue weighted by Gasteiger charge is 2.44. The van der Waals surface area contributed by atoms with Crippen LogP contribution in [-0.4, -0.2) is 16.4 Å². The molecular formula is C18H17N3O2. The van der Waals surface area contributed by atoms with E-state index >= 15 is 0 Å². The van der Waals surface area contributed by atoms with Crippen molar-refractivity contribution in [1.29, 1.82) is 5.26 Å². The molecule has 1 aliphatic carbocycles. The van der Waals surface area contributed by atoms with Crippen LogP contribution in [0.15, 0.2) is 42.6 Å². The van der Waals surface area contributed by atoms with Crippen LogP contribution in [0.25, 0.3) is 0 Å². The number of nitrogens with zero attached hydrogens (tertiary/aromatic N) is 2. The van der Waals surface area contributed by atoms with Crippen LogP contribution in [0.1, 0.15) is 34.5 Å². The summed E-state index contributed by atoms with van der Waals surface area (Å²) in [4.78, 5) is 16.4. The first-order chi connectivity index (χ1) is 11.1. The number of benzene rings is 1. The predicted octanol–water partition coefficient (Wildman–Crippen LogP) is 2.76. The number of ether oxygens (including phenoxy) is 1. The number of hydrogen-bond acceptors (Lipinski definition) is 4. The van der Waals surface area contributed by atoms with Crippen molar-refractivity contribution in [3.8, 4) is 11.8 Å². The lowest BCUT2D eigenvalue weighted by molar-refractivity contribution is 0.0941. The SMILES string of the molecule is Cc1ccc(OCc2cccc(C(=O)NC3(C#N)CC3)c2)cn1. The van der Waals surface area contributed by atoms with Crippen molar-refractivity contribution in [3.05, 3.63) is 59.4 Å². The van der Waals surface area contributed by atoms with Gasteiger partial charge in [-0.05, 0) is 49.6 Å². The number of nitriles is 1. The summed E-state index contributed by atoms with van der Waals surface area (Å²) in [7, 11) is 0. The third kappa shape index (κ3) is 3.67. The van der Waals surface area contributed by atoms with Crippen LogP contribution in [-0.2, 0) is 6.61 Å². The Morgan fingerprint density at radius 2 is 2.22 bits per heavy atom. The van der Waals surface area contributed by atoms with Gasteiger partial charge in [-0.2, -0.15) is 5.26 Å². The van der Waals surface area contributed by atoms with Crippen molar-refractivity contribution >= 4 is 5.91 Å². The van der Waals surface area contributed by atoms with Crippen LogP contribution >= 0.6 is 0 Å². The van der Waals surface area contributed by atoms with Crippen LogP contribution in [0.5, 0.6) is 5.75 Å². The van der Waals surface area contributed by atoms with E-state index in [2.05, 4.69) is 16.4 Å². The van der Waals surface area contributed by atoms with Gasteiger partial charge in [-0.15, -0.1) is 0 Å². The molecule has 0 atom stereocenters. The Hall–Kier alpha value is -2.87. The summed E-state index contributed by atoms with van der Waals surface area (Å²) in [6, 6.07) is 13.1. The lowest BCUT2D eigenvalue weighted by atomic mass is 10.1. The highest BCUT2D eigenvalue weighted by Crippen LogP contribution is 2.34. The third-order valence-electron chi connectivity index (χ3n) is 3.80. The number of amides is 1. The van der Waals surface area contributed by atoms with Gasteiger partial charge in [0.1, 0.15) is 17.9 Å². The minimum absolute atomic E-state index is 0.220. The summed E-state index contributed by atoms with van der Waals surface area (Å²) in [5.74, 6) is 0.467. The molecule has 0 unspecified atom stereocenters. The van der Waals surface area contributed by atoms with Gasteiger partial charge in [0.25, 0.3) is 5.91 Å². The molecule has 23 heavy (non-hydrogen) atoms. The zero-order valence-electron chi connectivity index (χ0n) is 12.9. The number of pyridine rings is 1. The van der Waals surface area contributed by atoms with E-state index in [1.807, 2.05) is 31.2 Å². The summed E-state index contributed by atoms with van der Waals surface area (Å²) in [6.45, 7) is 2.27. The largest absolute Gasteiger partial charge is 0.487 e. The van der Waals surface area contributed by atoms with Gasteiger partial charge < -0.3 is 10.1 Å². The van der Waals surface area contributed by atoms with Crippen LogP contribution in [0, 0.1) is 18.3 Å². The first-order valence-corrected chi connectivity index (χ1v) is 7.48. The second kappa shape index (κ2) is 6.09. The zero-order valence-corrected chi connectivity index (χ0v) is 12.9. The number of carbonyl (C=O) groups excluding carboxylic acids is 1. The molecule has 0 radical (unpaired) electrons. The molecule has 1 N–H and O–H groups in total. The van der Waals surface area contributed by atoms with Gasteiger partial charge in [-0.25, -0.2) is 0 Å². The van der Waals surface area contributed by atoms with Gasteiger partial charge in [-0.1, -0.05) is 12.1 Å². The van der Waals surface area contributed by atoms with Crippen molar-refractivity contribution in [2.24, 2.45) is 0 Å². The average Bonchev–Trinajstić information content (AvgIpc) is 3.35. The quantitative estimate of drug-likeness (QED) is 0.921. The van der Waals surface area contributed by atoms with Crippen molar-refractivity contribution < 1.29 is 9.53 Å². The number of rotatable bonds is 5. The monoisotopic (exact) mass is 307 g/mol. The van der Waals surface area contributed by atoms with Crippen molar-refractivity contribution in [2.75, 3.05) is 0 Å². The van der Waals surface area contributed by atoms with Gasteiger partial charge in [0, 0.05) is 11.3 Å². The van der Waals surface area contributed by atoms with E-state index in [-0.39, 0.29) is 5.91 Å². The Balaban J connectivity index is 1.64. The first kappa shape index (κ1) is 15.0. The molecule has 1 aromatic carbocycles. The molecule has 0 aliphatic heterocycles. The number of carbonyl (C=O) groups is 1. The van der Waals surface area contributed by atoms with Gasteiger partial charge in [0.15, 0.2) is 0 Å². The fourth-order valence-corrected chi connectivity index (χ4v) is 2.19. The Morgan fingerprint density at radius 3 is 2.87 bits per heavy atom. The topological polar surface area (TPSA) is 75.0 Å². The van der Waals surface area contributed by atoms with Crippen molar-refractivity contribution in [1.82, 2.24) is 10.3 Å². The summed E-state index contributed by atoms with van der Waals surface area (Å²) >= 11 is 0. The van der Waals surface area contributed by atoms with E-state index < -0.39 is 5.54 Å². The minimum Gasteiger partial charge on any atom is -0.487 e. The molecule has 1 amide bonds. The Morgan fingerprint density at radius 1 is 1.39 bits per heavy atom. The summed E-state index contributed by atoms with van der Waals surface area (Å²) in [6.07, 6.45) is 3.12. The molecule has 0 bridgehead atoms. The van der Waals surface area contributed by atoms with Crippen molar-refractivity contribution in [3.63, 3.8) is 0 Å². The predicted molar refractivity (Wildman–Crippen MR) is 84.8 cm³/mol. The fourth-order valence-electron chi connectivity index (χ4n) is 2.19. The molecule has 0 spiro atoms. The molecule has 1 saturated carbocycles. The lowest BCUT2D eigenvalue weighted by Gasteiger charge is -2.11. The van der Waals surface area contributed by atoms with Crippen LogP contribution in [0.3, 0.4) is 0 Å². The molecule has 1 fully saturated rings. The number of hydrogen-bond donors (Lipinski definition) is 1. The van der Waals surface area contributed by atoms with E-state index in [1.165, 1.54) is 0 Å². The fraction of sp³-hybridized carbons (Fsp3) is 0.278. The number of nitrogens with one attached hydrogen (secondary N) is 1.